The SMILES string of the molecule is CCC1(CC)CCN(S(=O)(=O)c2ccc(CNC)o2)C1. The Morgan fingerprint density at radius 2 is 2.05 bits per heavy atom. The Balaban J connectivity index is 2.19. The minimum atomic E-state index is -3.49. The molecule has 0 aromatic carbocycles. The summed E-state index contributed by atoms with van der Waals surface area (Å²) >= 11 is 0. The molecule has 0 bridgehead atoms. The Morgan fingerprint density at radius 1 is 1.35 bits per heavy atom. The third kappa shape index (κ3) is 2.77. The first-order valence-corrected chi connectivity index (χ1v) is 8.65. The van der Waals surface area contributed by atoms with E-state index < -0.39 is 10.0 Å². The van der Waals surface area contributed by atoms with Crippen molar-refractivity contribution in [3.63, 3.8) is 0 Å². The number of nitrogens with zero attached hydrogens (tertiary/aromatic N) is 1. The van der Waals surface area contributed by atoms with Gasteiger partial charge in [-0.1, -0.05) is 13.8 Å². The third-order valence-electron chi connectivity index (χ3n) is 4.49. The van der Waals surface area contributed by atoms with Crippen LogP contribution in [0.4, 0.5) is 0 Å². The van der Waals surface area contributed by atoms with Crippen molar-refractivity contribution in [1.29, 1.82) is 0 Å². The largest absolute Gasteiger partial charge is 0.447 e. The van der Waals surface area contributed by atoms with Gasteiger partial charge in [0.2, 0.25) is 5.09 Å². The molecule has 0 unspecified atom stereocenters. The minimum Gasteiger partial charge on any atom is -0.447 e. The normalized spacial score (nSPS) is 19.6. The maximum absolute atomic E-state index is 12.6. The molecule has 114 valence electrons. The minimum absolute atomic E-state index is 0.0609. The molecule has 1 aliphatic heterocycles. The Hall–Kier alpha value is -0.850. The summed E-state index contributed by atoms with van der Waals surface area (Å²) in [6, 6.07) is 3.27. The van der Waals surface area contributed by atoms with E-state index in [-0.39, 0.29) is 10.5 Å². The zero-order valence-electron chi connectivity index (χ0n) is 12.5. The highest BCUT2D eigenvalue weighted by Gasteiger charge is 2.41. The summed E-state index contributed by atoms with van der Waals surface area (Å²) in [5.74, 6) is 0.641. The molecule has 2 rings (SSSR count). The molecule has 1 aromatic heterocycles. The standard InChI is InChI=1S/C14H24N2O3S/c1-4-14(5-2)8-9-16(11-14)20(17,18)13-7-6-12(19-13)10-15-3/h6-7,15H,4-5,8-11H2,1-3H3. The Kier molecular flexibility index (Phi) is 4.56. The van der Waals surface area contributed by atoms with Crippen LogP contribution in [0, 0.1) is 5.41 Å². The Morgan fingerprint density at radius 3 is 2.60 bits per heavy atom. The van der Waals surface area contributed by atoms with E-state index in [1.165, 1.54) is 0 Å². The van der Waals surface area contributed by atoms with E-state index in [0.717, 1.165) is 19.3 Å². The lowest BCUT2D eigenvalue weighted by Gasteiger charge is -2.25. The van der Waals surface area contributed by atoms with Crippen LogP contribution in [0.1, 0.15) is 38.9 Å². The van der Waals surface area contributed by atoms with Crippen molar-refractivity contribution >= 4 is 10.0 Å². The van der Waals surface area contributed by atoms with Crippen LogP contribution in [0.2, 0.25) is 0 Å². The van der Waals surface area contributed by atoms with Crippen LogP contribution in [-0.2, 0) is 16.6 Å². The molecule has 0 aliphatic carbocycles. The molecule has 2 heterocycles. The smallest absolute Gasteiger partial charge is 0.276 e. The first-order chi connectivity index (χ1) is 9.47. The topological polar surface area (TPSA) is 62.6 Å². The van der Waals surface area contributed by atoms with E-state index >= 15 is 0 Å². The summed E-state index contributed by atoms with van der Waals surface area (Å²) in [4.78, 5) is 0. The first kappa shape index (κ1) is 15.5. The first-order valence-electron chi connectivity index (χ1n) is 7.21. The molecule has 5 nitrogen and oxygen atoms in total. The number of sulfonamides is 1. The van der Waals surface area contributed by atoms with Gasteiger partial charge in [-0.2, -0.15) is 4.31 Å². The lowest BCUT2D eigenvalue weighted by molar-refractivity contribution is 0.277. The molecule has 6 heteroatoms. The van der Waals surface area contributed by atoms with E-state index in [1.54, 1.807) is 23.5 Å². The van der Waals surface area contributed by atoms with E-state index in [4.69, 9.17) is 4.42 Å². The molecule has 1 aliphatic rings. The van der Waals surface area contributed by atoms with Crippen LogP contribution < -0.4 is 5.32 Å². The molecule has 0 radical (unpaired) electrons. The molecular weight excluding hydrogens is 276 g/mol. The van der Waals surface area contributed by atoms with Crippen molar-refractivity contribution in [3.05, 3.63) is 17.9 Å². The highest BCUT2D eigenvalue weighted by atomic mass is 32.2. The van der Waals surface area contributed by atoms with Gasteiger partial charge >= 0.3 is 0 Å². The van der Waals surface area contributed by atoms with Gasteiger partial charge in [-0.25, -0.2) is 8.42 Å². The van der Waals surface area contributed by atoms with Crippen molar-refractivity contribution in [1.82, 2.24) is 9.62 Å². The van der Waals surface area contributed by atoms with E-state index in [2.05, 4.69) is 19.2 Å². The van der Waals surface area contributed by atoms with Gasteiger partial charge in [-0.05, 0) is 43.9 Å². The van der Waals surface area contributed by atoms with Crippen molar-refractivity contribution in [3.8, 4) is 0 Å². The van der Waals surface area contributed by atoms with Crippen molar-refractivity contribution in [2.24, 2.45) is 5.41 Å². The monoisotopic (exact) mass is 300 g/mol. The fraction of sp³-hybridized carbons (Fsp3) is 0.714. The fourth-order valence-corrected chi connectivity index (χ4v) is 4.30. The quantitative estimate of drug-likeness (QED) is 0.875. The molecule has 0 spiro atoms. The van der Waals surface area contributed by atoms with Crippen LogP contribution in [0.15, 0.2) is 21.6 Å². The second-order valence-electron chi connectivity index (χ2n) is 5.55. The van der Waals surface area contributed by atoms with Crippen LogP contribution in [-0.4, -0.2) is 32.9 Å². The van der Waals surface area contributed by atoms with Gasteiger partial charge in [0.15, 0.2) is 0 Å². The van der Waals surface area contributed by atoms with Crippen LogP contribution >= 0.6 is 0 Å². The Labute approximate surface area is 121 Å². The van der Waals surface area contributed by atoms with Gasteiger partial charge in [-0.3, -0.25) is 0 Å². The average molecular weight is 300 g/mol. The molecule has 0 atom stereocenters. The van der Waals surface area contributed by atoms with E-state index in [0.29, 0.717) is 25.4 Å². The molecule has 1 saturated heterocycles. The van der Waals surface area contributed by atoms with E-state index in [1.807, 2.05) is 0 Å². The summed E-state index contributed by atoms with van der Waals surface area (Å²) < 4.78 is 32.2. The van der Waals surface area contributed by atoms with Crippen molar-refractivity contribution in [2.75, 3.05) is 20.1 Å². The predicted octanol–water partition coefficient (Wildman–Crippen LogP) is 2.20. The summed E-state index contributed by atoms with van der Waals surface area (Å²) in [5, 5.41) is 3.01. The lowest BCUT2D eigenvalue weighted by Crippen LogP contribution is -2.31. The number of hydrogen-bond donors (Lipinski definition) is 1. The number of hydrogen-bond acceptors (Lipinski definition) is 4. The molecule has 1 N–H and O–H groups in total. The average Bonchev–Trinajstić information content (AvgIpc) is 3.06. The van der Waals surface area contributed by atoms with Crippen molar-refractivity contribution in [2.45, 2.75) is 44.7 Å². The lowest BCUT2D eigenvalue weighted by atomic mass is 9.82. The zero-order chi connectivity index (χ0) is 14.8. The summed E-state index contributed by atoms with van der Waals surface area (Å²) in [6.45, 7) is 5.99. The van der Waals surface area contributed by atoms with Gasteiger partial charge in [-0.15, -0.1) is 0 Å². The summed E-state index contributed by atoms with van der Waals surface area (Å²) in [6.07, 6.45) is 2.96. The molecule has 20 heavy (non-hydrogen) atoms. The summed E-state index contributed by atoms with van der Waals surface area (Å²) in [7, 11) is -1.69. The number of rotatable bonds is 6. The predicted molar refractivity (Wildman–Crippen MR) is 77.9 cm³/mol. The second kappa shape index (κ2) is 5.87. The number of nitrogens with one attached hydrogen (secondary N) is 1. The van der Waals surface area contributed by atoms with E-state index in [9.17, 15) is 8.42 Å². The van der Waals surface area contributed by atoms with Crippen molar-refractivity contribution < 1.29 is 12.8 Å². The van der Waals surface area contributed by atoms with Crippen LogP contribution in [0.25, 0.3) is 0 Å². The molecule has 0 amide bonds. The Bertz CT molecular complexity index is 547. The molecule has 0 saturated carbocycles. The van der Waals surface area contributed by atoms with Crippen LogP contribution in [0.3, 0.4) is 0 Å². The third-order valence-corrected chi connectivity index (χ3v) is 6.20. The second-order valence-corrected chi connectivity index (χ2v) is 7.42. The van der Waals surface area contributed by atoms with Gasteiger partial charge in [0.1, 0.15) is 5.76 Å². The van der Waals surface area contributed by atoms with Gasteiger partial charge in [0, 0.05) is 13.1 Å². The highest BCUT2D eigenvalue weighted by molar-refractivity contribution is 7.89. The molecular formula is C14H24N2O3S. The fourth-order valence-electron chi connectivity index (χ4n) is 2.82. The highest BCUT2D eigenvalue weighted by Crippen LogP contribution is 2.39. The zero-order valence-corrected chi connectivity index (χ0v) is 13.3. The van der Waals surface area contributed by atoms with Gasteiger partial charge < -0.3 is 9.73 Å². The molecule has 1 aromatic rings. The maximum Gasteiger partial charge on any atom is 0.276 e. The maximum atomic E-state index is 12.6. The van der Waals surface area contributed by atoms with Crippen LogP contribution in [0.5, 0.6) is 0 Å². The van der Waals surface area contributed by atoms with Gasteiger partial charge in [0.25, 0.3) is 10.0 Å². The number of furan rings is 1. The molecule has 1 fully saturated rings. The summed E-state index contributed by atoms with van der Waals surface area (Å²) in [5.41, 5.74) is 0.132. The van der Waals surface area contributed by atoms with Gasteiger partial charge in [0.05, 0.1) is 6.54 Å².